The van der Waals surface area contributed by atoms with Crippen LogP contribution in [-0.4, -0.2) is 35.0 Å². The van der Waals surface area contributed by atoms with Crippen molar-refractivity contribution < 1.29 is 14.7 Å². The molecule has 4 nitrogen and oxygen atoms in total. The lowest BCUT2D eigenvalue weighted by atomic mass is 10.0. The number of nitrogens with zero attached hydrogens (tertiary/aromatic N) is 1. The SMILES string of the molecule is CC(C)c1ccc(C=CC(=O)N(C)C(C)C(=O)O)cc1. The van der Waals surface area contributed by atoms with Crippen molar-refractivity contribution in [3.63, 3.8) is 0 Å². The molecule has 1 rings (SSSR count). The fraction of sp³-hybridized carbons (Fsp3) is 0.375. The van der Waals surface area contributed by atoms with Gasteiger partial charge < -0.3 is 10.0 Å². The molecule has 1 aromatic rings. The van der Waals surface area contributed by atoms with Crippen molar-refractivity contribution in [1.29, 1.82) is 0 Å². The molecule has 0 spiro atoms. The van der Waals surface area contributed by atoms with E-state index in [4.69, 9.17) is 5.11 Å². The zero-order valence-electron chi connectivity index (χ0n) is 12.3. The highest BCUT2D eigenvalue weighted by atomic mass is 16.4. The summed E-state index contributed by atoms with van der Waals surface area (Å²) in [5.41, 5.74) is 2.16. The molecule has 0 saturated carbocycles. The molecule has 0 aliphatic rings. The number of likely N-dealkylation sites (N-methyl/N-ethyl adjacent to an activating group) is 1. The highest BCUT2D eigenvalue weighted by molar-refractivity contribution is 5.94. The number of carboxylic acid groups (broad SMARTS) is 1. The topological polar surface area (TPSA) is 57.6 Å². The third kappa shape index (κ3) is 4.23. The number of carboxylic acids is 1. The number of amides is 1. The van der Waals surface area contributed by atoms with E-state index in [-0.39, 0.29) is 5.91 Å². The number of hydrogen-bond donors (Lipinski definition) is 1. The summed E-state index contributed by atoms with van der Waals surface area (Å²) in [5, 5.41) is 8.85. The molecule has 0 fully saturated rings. The van der Waals surface area contributed by atoms with Crippen LogP contribution in [0.5, 0.6) is 0 Å². The minimum Gasteiger partial charge on any atom is -0.480 e. The van der Waals surface area contributed by atoms with Crippen LogP contribution in [0.1, 0.15) is 37.8 Å². The summed E-state index contributed by atoms with van der Waals surface area (Å²) in [6.45, 7) is 5.72. The van der Waals surface area contributed by atoms with Gasteiger partial charge in [-0.15, -0.1) is 0 Å². The molecule has 1 aromatic carbocycles. The van der Waals surface area contributed by atoms with Crippen LogP contribution in [-0.2, 0) is 9.59 Å². The van der Waals surface area contributed by atoms with Crippen LogP contribution in [0.25, 0.3) is 6.08 Å². The number of benzene rings is 1. The maximum absolute atomic E-state index is 11.8. The maximum Gasteiger partial charge on any atom is 0.326 e. The molecule has 0 heterocycles. The molecule has 0 aliphatic heterocycles. The molecule has 1 unspecified atom stereocenters. The molecular formula is C16H21NO3. The number of aliphatic carboxylic acids is 1. The van der Waals surface area contributed by atoms with Gasteiger partial charge in [0.05, 0.1) is 0 Å². The van der Waals surface area contributed by atoms with E-state index >= 15 is 0 Å². The van der Waals surface area contributed by atoms with Crippen molar-refractivity contribution in [2.75, 3.05) is 7.05 Å². The normalized spacial score (nSPS) is 12.7. The lowest BCUT2D eigenvalue weighted by Crippen LogP contribution is -2.39. The third-order valence-electron chi connectivity index (χ3n) is 3.31. The average molecular weight is 275 g/mol. The van der Waals surface area contributed by atoms with Crippen molar-refractivity contribution in [2.24, 2.45) is 0 Å². The molecule has 0 radical (unpaired) electrons. The number of rotatable bonds is 5. The van der Waals surface area contributed by atoms with Crippen molar-refractivity contribution in [3.8, 4) is 0 Å². The van der Waals surface area contributed by atoms with E-state index < -0.39 is 12.0 Å². The van der Waals surface area contributed by atoms with E-state index in [1.54, 1.807) is 6.08 Å². The quantitative estimate of drug-likeness (QED) is 0.841. The summed E-state index contributed by atoms with van der Waals surface area (Å²) in [6, 6.07) is 7.10. The first kappa shape index (κ1) is 16.0. The van der Waals surface area contributed by atoms with E-state index in [9.17, 15) is 9.59 Å². The molecule has 108 valence electrons. The Morgan fingerprint density at radius 1 is 1.15 bits per heavy atom. The van der Waals surface area contributed by atoms with E-state index in [0.717, 1.165) is 5.56 Å². The Morgan fingerprint density at radius 2 is 1.70 bits per heavy atom. The Balaban J connectivity index is 2.72. The fourth-order valence-corrected chi connectivity index (χ4v) is 1.63. The zero-order chi connectivity index (χ0) is 15.3. The first-order valence-electron chi connectivity index (χ1n) is 6.60. The van der Waals surface area contributed by atoms with Gasteiger partial charge in [0.15, 0.2) is 0 Å². The highest BCUT2D eigenvalue weighted by Crippen LogP contribution is 2.15. The van der Waals surface area contributed by atoms with E-state index in [2.05, 4.69) is 13.8 Å². The summed E-state index contributed by atoms with van der Waals surface area (Å²) >= 11 is 0. The summed E-state index contributed by atoms with van der Waals surface area (Å²) in [6.07, 6.45) is 3.08. The van der Waals surface area contributed by atoms with Crippen LogP contribution in [0.15, 0.2) is 30.3 Å². The molecule has 0 aromatic heterocycles. The fourth-order valence-electron chi connectivity index (χ4n) is 1.63. The second kappa shape index (κ2) is 6.89. The van der Waals surface area contributed by atoms with Crippen LogP contribution in [0.4, 0.5) is 0 Å². The van der Waals surface area contributed by atoms with Gasteiger partial charge in [-0.2, -0.15) is 0 Å². The molecule has 1 amide bonds. The summed E-state index contributed by atoms with van der Waals surface area (Å²) in [7, 11) is 1.48. The highest BCUT2D eigenvalue weighted by Gasteiger charge is 2.19. The minimum absolute atomic E-state index is 0.326. The smallest absolute Gasteiger partial charge is 0.326 e. The lowest BCUT2D eigenvalue weighted by Gasteiger charge is -2.19. The van der Waals surface area contributed by atoms with Crippen LogP contribution < -0.4 is 0 Å². The predicted octanol–water partition coefficient (Wildman–Crippen LogP) is 2.75. The van der Waals surface area contributed by atoms with Gasteiger partial charge in [0.1, 0.15) is 6.04 Å². The zero-order valence-corrected chi connectivity index (χ0v) is 12.3. The van der Waals surface area contributed by atoms with Crippen molar-refractivity contribution in [2.45, 2.75) is 32.7 Å². The Labute approximate surface area is 119 Å². The molecule has 20 heavy (non-hydrogen) atoms. The van der Waals surface area contributed by atoms with Gasteiger partial charge in [-0.1, -0.05) is 38.1 Å². The minimum atomic E-state index is -1.02. The van der Waals surface area contributed by atoms with Gasteiger partial charge in [-0.05, 0) is 30.0 Å². The van der Waals surface area contributed by atoms with Crippen molar-refractivity contribution >= 4 is 18.0 Å². The van der Waals surface area contributed by atoms with Gasteiger partial charge in [-0.25, -0.2) is 4.79 Å². The van der Waals surface area contributed by atoms with Gasteiger partial charge in [0, 0.05) is 13.1 Å². The average Bonchev–Trinajstić information content (AvgIpc) is 2.43. The van der Waals surface area contributed by atoms with Gasteiger partial charge in [0.25, 0.3) is 0 Å². The number of carbonyl (C=O) groups excluding carboxylic acids is 1. The van der Waals surface area contributed by atoms with E-state index in [1.165, 1.54) is 30.5 Å². The molecular weight excluding hydrogens is 254 g/mol. The van der Waals surface area contributed by atoms with Gasteiger partial charge >= 0.3 is 5.97 Å². The Hall–Kier alpha value is -2.10. The standard InChI is InChI=1S/C16H21NO3/c1-11(2)14-8-5-13(6-9-14)7-10-15(18)17(4)12(3)16(19)20/h5-12H,1-4H3,(H,19,20). The monoisotopic (exact) mass is 275 g/mol. The second-order valence-electron chi connectivity index (χ2n) is 5.12. The van der Waals surface area contributed by atoms with Crippen molar-refractivity contribution in [3.05, 3.63) is 41.5 Å². The Kier molecular flexibility index (Phi) is 5.50. The predicted molar refractivity (Wildman–Crippen MR) is 79.4 cm³/mol. The Bertz CT molecular complexity index is 503. The summed E-state index contributed by atoms with van der Waals surface area (Å²) in [5.74, 6) is -0.874. The summed E-state index contributed by atoms with van der Waals surface area (Å²) in [4.78, 5) is 23.8. The third-order valence-corrected chi connectivity index (χ3v) is 3.31. The molecule has 0 bridgehead atoms. The first-order valence-corrected chi connectivity index (χ1v) is 6.60. The lowest BCUT2D eigenvalue weighted by molar-refractivity contribution is -0.146. The summed E-state index contributed by atoms with van der Waals surface area (Å²) < 4.78 is 0. The molecule has 1 atom stereocenters. The molecule has 4 heteroatoms. The van der Waals surface area contributed by atoms with E-state index in [0.29, 0.717) is 5.92 Å². The molecule has 0 saturated heterocycles. The second-order valence-corrected chi connectivity index (χ2v) is 5.12. The number of carbonyl (C=O) groups is 2. The van der Waals surface area contributed by atoms with Crippen LogP contribution in [0, 0.1) is 0 Å². The molecule has 1 N–H and O–H groups in total. The Morgan fingerprint density at radius 3 is 2.15 bits per heavy atom. The van der Waals surface area contributed by atoms with Crippen LogP contribution >= 0.6 is 0 Å². The van der Waals surface area contributed by atoms with Crippen LogP contribution in [0.2, 0.25) is 0 Å². The first-order chi connectivity index (χ1) is 9.32. The van der Waals surface area contributed by atoms with Gasteiger partial charge in [-0.3, -0.25) is 4.79 Å². The number of hydrogen-bond acceptors (Lipinski definition) is 2. The van der Waals surface area contributed by atoms with Gasteiger partial charge in [0.2, 0.25) is 5.91 Å². The van der Waals surface area contributed by atoms with Crippen LogP contribution in [0.3, 0.4) is 0 Å². The van der Waals surface area contributed by atoms with Crippen molar-refractivity contribution in [1.82, 2.24) is 4.90 Å². The molecule has 0 aliphatic carbocycles. The maximum atomic E-state index is 11.8. The largest absolute Gasteiger partial charge is 0.480 e. The van der Waals surface area contributed by atoms with E-state index in [1.807, 2.05) is 24.3 Å².